The topological polar surface area (TPSA) is 45.0 Å². The van der Waals surface area contributed by atoms with E-state index in [1.54, 1.807) is 18.9 Å². The highest BCUT2D eigenvalue weighted by Gasteiger charge is 2.44. The van der Waals surface area contributed by atoms with Crippen LogP contribution >= 0.6 is 11.8 Å². The lowest BCUT2D eigenvalue weighted by molar-refractivity contribution is 0.414. The Morgan fingerprint density at radius 1 is 1.44 bits per heavy atom. The molecule has 4 heteroatoms. The Bertz CT molecular complexity index is 436. The fourth-order valence-corrected chi connectivity index (χ4v) is 3.19. The molecule has 0 bridgehead atoms. The van der Waals surface area contributed by atoms with Crippen LogP contribution in [0.4, 0.5) is 0 Å². The molecular formula is C14H18N2OS. The van der Waals surface area contributed by atoms with E-state index in [0.29, 0.717) is 5.92 Å². The molecule has 1 aliphatic rings. The minimum Gasteiger partial charge on any atom is -0.497 e. The van der Waals surface area contributed by atoms with E-state index in [4.69, 9.17) is 4.74 Å². The second kappa shape index (κ2) is 5.64. The van der Waals surface area contributed by atoms with Crippen LogP contribution in [0.1, 0.15) is 12.8 Å². The van der Waals surface area contributed by atoms with Gasteiger partial charge in [0, 0.05) is 10.6 Å². The first kappa shape index (κ1) is 13.3. The molecule has 96 valence electrons. The molecule has 2 rings (SSSR count). The minimum atomic E-state index is -0.370. The van der Waals surface area contributed by atoms with Crippen LogP contribution in [0.2, 0.25) is 0 Å². The fourth-order valence-electron chi connectivity index (χ4n) is 2.02. The summed E-state index contributed by atoms with van der Waals surface area (Å²) in [5.74, 6) is 2.16. The number of methoxy groups -OCH3 is 1. The smallest absolute Gasteiger partial charge is 0.118 e. The first-order valence-electron chi connectivity index (χ1n) is 6.11. The summed E-state index contributed by atoms with van der Waals surface area (Å²) in [7, 11) is 3.55. The molecule has 1 fully saturated rings. The van der Waals surface area contributed by atoms with Gasteiger partial charge in [-0.25, -0.2) is 0 Å². The predicted octanol–water partition coefficient (Wildman–Crippen LogP) is 2.68. The molecule has 0 saturated heterocycles. The highest BCUT2D eigenvalue weighted by molar-refractivity contribution is 7.99. The highest BCUT2D eigenvalue weighted by atomic mass is 32.2. The normalized spacial score (nSPS) is 17.8. The summed E-state index contributed by atoms with van der Waals surface area (Å²) < 4.78 is 5.13. The zero-order chi connectivity index (χ0) is 13.0. The summed E-state index contributed by atoms with van der Waals surface area (Å²) >= 11 is 1.72. The van der Waals surface area contributed by atoms with Gasteiger partial charge < -0.3 is 10.1 Å². The lowest BCUT2D eigenvalue weighted by atomic mass is 9.98. The monoisotopic (exact) mass is 262 g/mol. The van der Waals surface area contributed by atoms with Crippen molar-refractivity contribution in [3.63, 3.8) is 0 Å². The van der Waals surface area contributed by atoms with E-state index in [9.17, 15) is 5.26 Å². The molecule has 0 heterocycles. The maximum absolute atomic E-state index is 9.40. The number of hydrogen-bond acceptors (Lipinski definition) is 4. The zero-order valence-electron chi connectivity index (χ0n) is 10.8. The molecule has 1 N–H and O–H groups in total. The second-order valence-electron chi connectivity index (χ2n) is 4.57. The van der Waals surface area contributed by atoms with Crippen molar-refractivity contribution in [3.05, 3.63) is 24.3 Å². The van der Waals surface area contributed by atoms with Crippen molar-refractivity contribution in [2.75, 3.05) is 19.9 Å². The number of nitriles is 1. The number of nitrogens with one attached hydrogen (secondary N) is 1. The molecule has 1 unspecified atom stereocenters. The third-order valence-corrected chi connectivity index (χ3v) is 4.65. The summed E-state index contributed by atoms with van der Waals surface area (Å²) in [5, 5.41) is 12.6. The molecule has 0 radical (unpaired) electrons. The van der Waals surface area contributed by atoms with E-state index in [0.717, 1.165) is 24.3 Å². The van der Waals surface area contributed by atoms with Gasteiger partial charge in [0.15, 0.2) is 0 Å². The molecule has 0 aromatic heterocycles. The molecule has 1 saturated carbocycles. The van der Waals surface area contributed by atoms with Gasteiger partial charge in [0.2, 0.25) is 0 Å². The SMILES string of the molecule is CNC(C#N)(CSc1ccc(OC)cc1)C1CC1. The number of hydrogen-bond donors (Lipinski definition) is 1. The van der Waals surface area contributed by atoms with Crippen LogP contribution in [0, 0.1) is 17.2 Å². The van der Waals surface area contributed by atoms with Crippen LogP contribution in [-0.4, -0.2) is 25.4 Å². The number of thioether (sulfide) groups is 1. The van der Waals surface area contributed by atoms with Gasteiger partial charge in [-0.15, -0.1) is 11.8 Å². The number of ether oxygens (including phenoxy) is 1. The van der Waals surface area contributed by atoms with Crippen molar-refractivity contribution in [2.24, 2.45) is 5.92 Å². The van der Waals surface area contributed by atoms with Crippen LogP contribution in [0.25, 0.3) is 0 Å². The van der Waals surface area contributed by atoms with Gasteiger partial charge in [0.1, 0.15) is 11.3 Å². The largest absolute Gasteiger partial charge is 0.497 e. The van der Waals surface area contributed by atoms with Crippen LogP contribution in [-0.2, 0) is 0 Å². The fraction of sp³-hybridized carbons (Fsp3) is 0.500. The van der Waals surface area contributed by atoms with E-state index in [1.165, 1.54) is 4.90 Å². The van der Waals surface area contributed by atoms with Crippen LogP contribution in [0.15, 0.2) is 29.2 Å². The Morgan fingerprint density at radius 2 is 2.11 bits per heavy atom. The van der Waals surface area contributed by atoms with Gasteiger partial charge >= 0.3 is 0 Å². The van der Waals surface area contributed by atoms with E-state index in [1.807, 2.05) is 31.3 Å². The second-order valence-corrected chi connectivity index (χ2v) is 5.62. The minimum absolute atomic E-state index is 0.370. The van der Waals surface area contributed by atoms with Gasteiger partial charge in [0.25, 0.3) is 0 Å². The van der Waals surface area contributed by atoms with Gasteiger partial charge in [-0.05, 0) is 50.1 Å². The Labute approximate surface area is 113 Å². The van der Waals surface area contributed by atoms with Gasteiger partial charge in [-0.1, -0.05) is 0 Å². The molecule has 3 nitrogen and oxygen atoms in total. The van der Waals surface area contributed by atoms with E-state index < -0.39 is 0 Å². The van der Waals surface area contributed by atoms with Crippen LogP contribution in [0.5, 0.6) is 5.75 Å². The maximum Gasteiger partial charge on any atom is 0.118 e. The zero-order valence-corrected chi connectivity index (χ0v) is 11.6. The quantitative estimate of drug-likeness (QED) is 0.801. The molecule has 18 heavy (non-hydrogen) atoms. The number of nitrogens with zero attached hydrogens (tertiary/aromatic N) is 1. The van der Waals surface area contributed by atoms with Crippen molar-refractivity contribution in [2.45, 2.75) is 23.3 Å². The predicted molar refractivity (Wildman–Crippen MR) is 73.8 cm³/mol. The Hall–Kier alpha value is -1.18. The molecule has 1 aromatic carbocycles. The van der Waals surface area contributed by atoms with E-state index in [-0.39, 0.29) is 5.54 Å². The molecular weight excluding hydrogens is 244 g/mol. The van der Waals surface area contributed by atoms with Gasteiger partial charge in [-0.3, -0.25) is 0 Å². The van der Waals surface area contributed by atoms with Gasteiger partial charge in [0.05, 0.1) is 13.2 Å². The van der Waals surface area contributed by atoms with Crippen molar-refractivity contribution >= 4 is 11.8 Å². The standard InChI is InChI=1S/C14H18N2OS/c1-16-14(9-15,11-3-4-11)10-18-13-7-5-12(17-2)6-8-13/h5-8,11,16H,3-4,10H2,1-2H3. The first-order chi connectivity index (χ1) is 8.74. The Balaban J connectivity index is 1.99. The van der Waals surface area contributed by atoms with Gasteiger partial charge in [-0.2, -0.15) is 5.26 Å². The lowest BCUT2D eigenvalue weighted by Gasteiger charge is -2.25. The summed E-state index contributed by atoms with van der Waals surface area (Å²) in [5.41, 5.74) is -0.370. The van der Waals surface area contributed by atoms with Crippen LogP contribution < -0.4 is 10.1 Å². The molecule has 1 aromatic rings. The van der Waals surface area contributed by atoms with E-state index in [2.05, 4.69) is 11.4 Å². The van der Waals surface area contributed by atoms with Crippen molar-refractivity contribution in [1.82, 2.24) is 5.32 Å². The first-order valence-corrected chi connectivity index (χ1v) is 7.09. The summed E-state index contributed by atoms with van der Waals surface area (Å²) in [6, 6.07) is 10.4. The van der Waals surface area contributed by atoms with Crippen molar-refractivity contribution in [1.29, 1.82) is 5.26 Å². The summed E-state index contributed by atoms with van der Waals surface area (Å²) in [6.07, 6.45) is 2.33. The maximum atomic E-state index is 9.40. The molecule has 0 amide bonds. The third kappa shape index (κ3) is 2.80. The average molecular weight is 262 g/mol. The van der Waals surface area contributed by atoms with Crippen molar-refractivity contribution < 1.29 is 4.74 Å². The molecule has 1 aliphatic carbocycles. The van der Waals surface area contributed by atoms with E-state index >= 15 is 0 Å². The third-order valence-electron chi connectivity index (χ3n) is 3.45. The summed E-state index contributed by atoms with van der Waals surface area (Å²) in [4.78, 5) is 1.17. The molecule has 1 atom stereocenters. The molecule has 0 aliphatic heterocycles. The number of rotatable bonds is 6. The summed E-state index contributed by atoms with van der Waals surface area (Å²) in [6.45, 7) is 0. The average Bonchev–Trinajstić information content (AvgIpc) is 3.26. The Kier molecular flexibility index (Phi) is 4.15. The highest BCUT2D eigenvalue weighted by Crippen LogP contribution is 2.41. The van der Waals surface area contributed by atoms with Crippen LogP contribution in [0.3, 0.4) is 0 Å². The van der Waals surface area contributed by atoms with Crippen molar-refractivity contribution in [3.8, 4) is 11.8 Å². The lowest BCUT2D eigenvalue weighted by Crippen LogP contribution is -2.46. The number of benzene rings is 1. The molecule has 0 spiro atoms. The Morgan fingerprint density at radius 3 is 2.56 bits per heavy atom.